The first kappa shape index (κ1) is 10.2. The number of rotatable bonds is 0. The zero-order chi connectivity index (χ0) is 13.5. The number of benzene rings is 1. The molecule has 2 spiro atoms. The van der Waals surface area contributed by atoms with Crippen LogP contribution in [0.15, 0.2) is 12.1 Å². The molecule has 1 saturated heterocycles. The molecule has 3 N–H and O–H groups in total. The van der Waals surface area contributed by atoms with Crippen LogP contribution in [-0.4, -0.2) is 33.7 Å². The van der Waals surface area contributed by atoms with Crippen LogP contribution in [0.3, 0.4) is 0 Å². The van der Waals surface area contributed by atoms with E-state index in [4.69, 9.17) is 4.74 Å². The molecule has 0 radical (unpaired) electrons. The van der Waals surface area contributed by atoms with E-state index in [9.17, 15) is 15.0 Å². The molecule has 2 saturated carbocycles. The summed E-state index contributed by atoms with van der Waals surface area (Å²) < 4.78 is 5.83. The summed E-state index contributed by atoms with van der Waals surface area (Å²) in [6, 6.07) is 3.58. The lowest BCUT2D eigenvalue weighted by Crippen LogP contribution is -2.63. The second-order valence-corrected chi connectivity index (χ2v) is 6.92. The number of nitrogens with one attached hydrogen (secondary N) is 1. The van der Waals surface area contributed by atoms with Crippen molar-refractivity contribution in [3.8, 4) is 11.5 Å². The first-order valence-corrected chi connectivity index (χ1v) is 7.11. The molecule has 5 atom stereocenters. The maximum Gasteiger partial charge on any atom is 0.174 e. The van der Waals surface area contributed by atoms with E-state index in [2.05, 4.69) is 5.32 Å². The molecule has 5 heteroatoms. The minimum absolute atomic E-state index is 0.0252. The van der Waals surface area contributed by atoms with Crippen molar-refractivity contribution in [1.82, 2.24) is 5.32 Å². The molecule has 3 fully saturated rings. The average Bonchev–Trinajstić information content (AvgIpc) is 2.84. The predicted molar refractivity (Wildman–Crippen MR) is 66.6 cm³/mol. The Balaban J connectivity index is 1.79. The van der Waals surface area contributed by atoms with E-state index in [0.717, 1.165) is 11.1 Å². The number of hydrogen-bond donors (Lipinski definition) is 3. The number of Topliss-reactive ketones (excluding diaryl/α,β-unsaturated/α-hetero) is 1. The van der Waals surface area contributed by atoms with Crippen LogP contribution in [0.2, 0.25) is 0 Å². The Labute approximate surface area is 114 Å². The molecule has 0 aromatic heterocycles. The number of ether oxygens (including phenoxy) is 1. The molecule has 1 aromatic carbocycles. The Kier molecular flexibility index (Phi) is 1.21. The normalized spacial score (nSPS) is 51.8. The summed E-state index contributed by atoms with van der Waals surface area (Å²) in [5.74, 6) is 0.545. The van der Waals surface area contributed by atoms with Crippen molar-refractivity contribution in [2.45, 2.75) is 48.0 Å². The summed E-state index contributed by atoms with van der Waals surface area (Å²) >= 11 is 0. The fourth-order valence-electron chi connectivity index (χ4n) is 5.71. The van der Waals surface area contributed by atoms with Crippen molar-refractivity contribution in [2.75, 3.05) is 0 Å². The van der Waals surface area contributed by atoms with Gasteiger partial charge >= 0.3 is 0 Å². The number of piperidine rings is 1. The highest BCUT2D eigenvalue weighted by Gasteiger charge is 2.88. The van der Waals surface area contributed by atoms with E-state index in [1.807, 2.05) is 6.07 Å². The standard InChI is InChI=1S/C15H13NO4/c17-7-2-1-6-9-10(7)20-11-8(18)3-4-15(19)12-14(6,16-12)5-13(9,11)15/h1-2,11-12,16-17,19H,3-5H2. The molecule has 3 aliphatic carbocycles. The highest BCUT2D eigenvalue weighted by atomic mass is 16.5. The monoisotopic (exact) mass is 271 g/mol. The molecule has 1 aromatic rings. The lowest BCUT2D eigenvalue weighted by Gasteiger charge is -2.46. The van der Waals surface area contributed by atoms with Crippen LogP contribution in [0.1, 0.15) is 30.4 Å². The Morgan fingerprint density at radius 1 is 1.40 bits per heavy atom. The van der Waals surface area contributed by atoms with Crippen molar-refractivity contribution in [2.24, 2.45) is 0 Å². The van der Waals surface area contributed by atoms with Gasteiger partial charge < -0.3 is 14.9 Å². The summed E-state index contributed by atoms with van der Waals surface area (Å²) in [6.45, 7) is 0. The number of carbonyl (C=O) groups is 1. The fraction of sp³-hybridized carbons (Fsp3) is 0.533. The van der Waals surface area contributed by atoms with E-state index < -0.39 is 17.1 Å². The van der Waals surface area contributed by atoms with Gasteiger partial charge in [-0.1, -0.05) is 6.07 Å². The van der Waals surface area contributed by atoms with Gasteiger partial charge in [-0.15, -0.1) is 0 Å². The summed E-state index contributed by atoms with van der Waals surface area (Å²) in [5.41, 5.74) is 0.245. The number of phenols is 1. The number of carbonyl (C=O) groups excluding carboxylic acids is 1. The minimum Gasteiger partial charge on any atom is -0.504 e. The Morgan fingerprint density at radius 2 is 2.25 bits per heavy atom. The van der Waals surface area contributed by atoms with Gasteiger partial charge in [-0.25, -0.2) is 0 Å². The molecule has 6 rings (SSSR count). The largest absolute Gasteiger partial charge is 0.504 e. The topological polar surface area (TPSA) is 88.7 Å². The minimum atomic E-state index is -0.919. The summed E-state index contributed by atoms with van der Waals surface area (Å²) in [5, 5.41) is 24.8. The molecule has 20 heavy (non-hydrogen) atoms. The average molecular weight is 271 g/mol. The number of phenolic OH excluding ortho intramolecular Hbond substituents is 1. The molecule has 2 aliphatic heterocycles. The van der Waals surface area contributed by atoms with Gasteiger partial charge in [-0.3, -0.25) is 10.1 Å². The number of aliphatic hydroxyl groups is 1. The molecular formula is C15H13NO4. The smallest absolute Gasteiger partial charge is 0.174 e. The van der Waals surface area contributed by atoms with E-state index in [1.165, 1.54) is 0 Å². The zero-order valence-electron chi connectivity index (χ0n) is 10.6. The van der Waals surface area contributed by atoms with Crippen LogP contribution in [0.25, 0.3) is 0 Å². The van der Waals surface area contributed by atoms with Crippen molar-refractivity contribution in [3.05, 3.63) is 23.3 Å². The second kappa shape index (κ2) is 2.38. The maximum absolute atomic E-state index is 12.3. The third kappa shape index (κ3) is 0.650. The van der Waals surface area contributed by atoms with Crippen LogP contribution in [0.4, 0.5) is 0 Å². The Morgan fingerprint density at radius 3 is 3.10 bits per heavy atom. The van der Waals surface area contributed by atoms with Gasteiger partial charge in [0.2, 0.25) is 0 Å². The zero-order valence-corrected chi connectivity index (χ0v) is 10.6. The Hall–Kier alpha value is -1.59. The fourth-order valence-corrected chi connectivity index (χ4v) is 5.71. The van der Waals surface area contributed by atoms with Crippen molar-refractivity contribution in [1.29, 1.82) is 0 Å². The highest BCUT2D eigenvalue weighted by Crippen LogP contribution is 2.77. The van der Waals surface area contributed by atoms with E-state index in [1.54, 1.807) is 6.07 Å². The van der Waals surface area contributed by atoms with E-state index in [0.29, 0.717) is 25.0 Å². The van der Waals surface area contributed by atoms with Crippen molar-refractivity contribution < 1.29 is 19.7 Å². The van der Waals surface area contributed by atoms with E-state index in [-0.39, 0.29) is 23.1 Å². The maximum atomic E-state index is 12.3. The molecular weight excluding hydrogens is 258 g/mol. The molecule has 5 aliphatic rings. The van der Waals surface area contributed by atoms with Gasteiger partial charge in [0.15, 0.2) is 23.4 Å². The van der Waals surface area contributed by atoms with Crippen LogP contribution in [0, 0.1) is 0 Å². The van der Waals surface area contributed by atoms with Gasteiger partial charge in [-0.05, 0) is 24.5 Å². The molecule has 102 valence electrons. The first-order chi connectivity index (χ1) is 9.55. The van der Waals surface area contributed by atoms with Gasteiger partial charge in [0.1, 0.15) is 0 Å². The van der Waals surface area contributed by atoms with Crippen LogP contribution in [0.5, 0.6) is 11.5 Å². The Bertz CT molecular complexity index is 746. The molecule has 5 nitrogen and oxygen atoms in total. The SMILES string of the molecule is O=C1CCC2(O)C3NC34CC23c2c4ccc(O)c2OC13. The van der Waals surface area contributed by atoms with Crippen LogP contribution in [-0.2, 0) is 15.7 Å². The van der Waals surface area contributed by atoms with Gasteiger partial charge in [-0.2, -0.15) is 0 Å². The molecule has 2 bridgehead atoms. The number of fused-ring (bicyclic) bond motifs is 1. The van der Waals surface area contributed by atoms with E-state index >= 15 is 0 Å². The van der Waals surface area contributed by atoms with Gasteiger partial charge in [0.25, 0.3) is 0 Å². The molecule has 5 unspecified atom stereocenters. The van der Waals surface area contributed by atoms with Crippen LogP contribution < -0.4 is 10.1 Å². The van der Waals surface area contributed by atoms with Gasteiger partial charge in [0, 0.05) is 12.0 Å². The highest BCUT2D eigenvalue weighted by molar-refractivity contribution is 5.92. The predicted octanol–water partition coefficient (Wildman–Crippen LogP) is 0.0694. The number of aromatic hydroxyl groups is 1. The van der Waals surface area contributed by atoms with Crippen molar-refractivity contribution in [3.63, 3.8) is 0 Å². The summed E-state index contributed by atoms with van der Waals surface area (Å²) in [7, 11) is 0. The summed E-state index contributed by atoms with van der Waals surface area (Å²) in [4.78, 5) is 12.3. The number of ketones is 1. The van der Waals surface area contributed by atoms with Gasteiger partial charge in [0.05, 0.1) is 22.6 Å². The second-order valence-electron chi connectivity index (χ2n) is 6.92. The number of hydrogen-bond acceptors (Lipinski definition) is 5. The lowest BCUT2D eigenvalue weighted by molar-refractivity contribution is -0.146. The first-order valence-electron chi connectivity index (χ1n) is 7.11. The molecule has 0 amide bonds. The van der Waals surface area contributed by atoms with Crippen molar-refractivity contribution >= 4 is 5.78 Å². The molecule has 2 heterocycles. The quantitative estimate of drug-likeness (QED) is 0.581. The van der Waals surface area contributed by atoms with Crippen LogP contribution >= 0.6 is 0 Å². The summed E-state index contributed by atoms with van der Waals surface area (Å²) in [6.07, 6.45) is 0.918. The third-order valence-corrected chi connectivity index (χ3v) is 6.41. The third-order valence-electron chi connectivity index (χ3n) is 6.41. The lowest BCUT2D eigenvalue weighted by atomic mass is 9.59.